The van der Waals surface area contributed by atoms with E-state index in [1.807, 2.05) is 58.0 Å². The molecule has 1 aliphatic rings. The van der Waals surface area contributed by atoms with Crippen molar-refractivity contribution in [1.29, 1.82) is 0 Å². The number of rotatable bonds is 5. The topological polar surface area (TPSA) is 56.8 Å². The quantitative estimate of drug-likeness (QED) is 0.847. The first-order valence-corrected chi connectivity index (χ1v) is 9.24. The molecular weight excluding hydrogens is 342 g/mol. The summed E-state index contributed by atoms with van der Waals surface area (Å²) in [5.74, 6) is 2.21. The van der Waals surface area contributed by atoms with Gasteiger partial charge in [-0.2, -0.15) is 0 Å². The van der Waals surface area contributed by atoms with E-state index < -0.39 is 0 Å². The maximum Gasteiger partial charge on any atom is 0.251 e. The van der Waals surface area contributed by atoms with Crippen molar-refractivity contribution >= 4 is 5.91 Å². The number of ether oxygens (including phenoxy) is 3. The van der Waals surface area contributed by atoms with Crippen molar-refractivity contribution < 1.29 is 19.0 Å². The second-order valence-corrected chi connectivity index (χ2v) is 7.41. The summed E-state index contributed by atoms with van der Waals surface area (Å²) < 4.78 is 17.0. The molecule has 144 valence electrons. The van der Waals surface area contributed by atoms with Gasteiger partial charge in [0.25, 0.3) is 5.91 Å². The first-order chi connectivity index (χ1) is 12.8. The first-order valence-electron chi connectivity index (χ1n) is 9.24. The lowest BCUT2D eigenvalue weighted by molar-refractivity contribution is 0.0618. The highest BCUT2D eigenvalue weighted by atomic mass is 16.5. The molecule has 1 amide bonds. The summed E-state index contributed by atoms with van der Waals surface area (Å²) in [7, 11) is 1.63. The summed E-state index contributed by atoms with van der Waals surface area (Å²) in [4.78, 5) is 12.9. The molecule has 2 aromatic rings. The van der Waals surface area contributed by atoms with E-state index in [0.717, 1.165) is 28.4 Å². The van der Waals surface area contributed by atoms with Gasteiger partial charge >= 0.3 is 0 Å². The maximum atomic E-state index is 12.9. The van der Waals surface area contributed by atoms with Crippen LogP contribution in [-0.4, -0.2) is 25.2 Å². The van der Waals surface area contributed by atoms with Gasteiger partial charge in [-0.25, -0.2) is 0 Å². The molecule has 0 saturated carbocycles. The highest BCUT2D eigenvalue weighted by molar-refractivity contribution is 5.95. The minimum absolute atomic E-state index is 0.113. The summed E-state index contributed by atoms with van der Waals surface area (Å²) in [5.41, 5.74) is 2.13. The highest BCUT2D eigenvalue weighted by Crippen LogP contribution is 2.41. The van der Waals surface area contributed by atoms with Crippen LogP contribution in [0.1, 0.15) is 54.7 Å². The molecular formula is C22H27NO4. The molecule has 1 aliphatic heterocycles. The van der Waals surface area contributed by atoms with Gasteiger partial charge in [0.2, 0.25) is 0 Å². The van der Waals surface area contributed by atoms with Crippen LogP contribution in [0.25, 0.3) is 0 Å². The molecule has 1 N–H and O–H groups in total. The van der Waals surface area contributed by atoms with Crippen molar-refractivity contribution in [3.8, 4) is 17.2 Å². The number of amides is 1. The lowest BCUT2D eigenvalue weighted by atomic mass is 9.89. The largest absolute Gasteiger partial charge is 0.497 e. The zero-order chi connectivity index (χ0) is 19.6. The fourth-order valence-corrected chi connectivity index (χ4v) is 3.44. The van der Waals surface area contributed by atoms with Crippen LogP contribution in [0, 0.1) is 6.92 Å². The first kappa shape index (κ1) is 19.1. The molecule has 3 rings (SSSR count). The fourth-order valence-electron chi connectivity index (χ4n) is 3.44. The van der Waals surface area contributed by atoms with E-state index in [-0.39, 0.29) is 17.6 Å². The van der Waals surface area contributed by atoms with E-state index in [1.54, 1.807) is 13.2 Å². The lowest BCUT2D eigenvalue weighted by Crippen LogP contribution is -2.41. The Morgan fingerprint density at radius 2 is 2.04 bits per heavy atom. The molecule has 5 heteroatoms. The van der Waals surface area contributed by atoms with Gasteiger partial charge in [-0.1, -0.05) is 0 Å². The third kappa shape index (κ3) is 4.18. The highest BCUT2D eigenvalue weighted by Gasteiger charge is 2.35. The average molecular weight is 369 g/mol. The van der Waals surface area contributed by atoms with Gasteiger partial charge in [0, 0.05) is 17.5 Å². The lowest BCUT2D eigenvalue weighted by Gasteiger charge is -2.38. The summed E-state index contributed by atoms with van der Waals surface area (Å²) in [5, 5.41) is 3.16. The van der Waals surface area contributed by atoms with E-state index in [2.05, 4.69) is 5.32 Å². The molecule has 0 aliphatic carbocycles. The molecule has 0 saturated heterocycles. The molecule has 0 bridgehead atoms. The number of hydrogen-bond donors (Lipinski definition) is 1. The molecule has 27 heavy (non-hydrogen) atoms. The molecule has 0 fully saturated rings. The second kappa shape index (κ2) is 7.51. The van der Waals surface area contributed by atoms with E-state index in [4.69, 9.17) is 14.2 Å². The van der Waals surface area contributed by atoms with Crippen LogP contribution in [0.2, 0.25) is 0 Å². The van der Waals surface area contributed by atoms with Crippen molar-refractivity contribution in [2.45, 2.75) is 45.8 Å². The third-order valence-electron chi connectivity index (χ3n) is 4.72. The second-order valence-electron chi connectivity index (χ2n) is 7.41. The normalized spacial score (nSPS) is 17.4. The van der Waals surface area contributed by atoms with Crippen molar-refractivity contribution in [3.63, 3.8) is 0 Å². The predicted octanol–water partition coefficient (Wildman–Crippen LogP) is 4.43. The summed E-state index contributed by atoms with van der Waals surface area (Å²) in [6.45, 7) is 8.54. The maximum absolute atomic E-state index is 12.9. The Kier molecular flexibility index (Phi) is 5.31. The van der Waals surface area contributed by atoms with Crippen molar-refractivity contribution in [1.82, 2.24) is 5.32 Å². The van der Waals surface area contributed by atoms with Crippen LogP contribution >= 0.6 is 0 Å². The van der Waals surface area contributed by atoms with Crippen molar-refractivity contribution in [2.24, 2.45) is 0 Å². The minimum Gasteiger partial charge on any atom is -0.497 e. The number of carbonyl (C=O) groups is 1. The van der Waals surface area contributed by atoms with Gasteiger partial charge < -0.3 is 19.5 Å². The Bertz CT molecular complexity index is 844. The number of fused-ring (bicyclic) bond motifs is 1. The monoisotopic (exact) mass is 369 g/mol. The van der Waals surface area contributed by atoms with Gasteiger partial charge in [-0.3, -0.25) is 4.79 Å². The number of aryl methyl sites for hydroxylation is 1. The Labute approximate surface area is 160 Å². The van der Waals surface area contributed by atoms with Gasteiger partial charge in [0.05, 0.1) is 19.8 Å². The van der Waals surface area contributed by atoms with Gasteiger partial charge in [-0.05, 0) is 69.7 Å². The van der Waals surface area contributed by atoms with Crippen LogP contribution in [0.15, 0.2) is 36.4 Å². The van der Waals surface area contributed by atoms with E-state index in [0.29, 0.717) is 18.6 Å². The van der Waals surface area contributed by atoms with E-state index in [1.165, 1.54) is 0 Å². The molecule has 0 radical (unpaired) electrons. The van der Waals surface area contributed by atoms with E-state index in [9.17, 15) is 4.79 Å². The number of nitrogens with one attached hydrogen (secondary N) is 1. The minimum atomic E-state index is -0.367. The number of hydrogen-bond acceptors (Lipinski definition) is 4. The summed E-state index contributed by atoms with van der Waals surface area (Å²) in [6.07, 6.45) is 0.676. The van der Waals surface area contributed by atoms with Crippen LogP contribution < -0.4 is 19.5 Å². The van der Waals surface area contributed by atoms with Crippen LogP contribution in [0.5, 0.6) is 17.2 Å². The Hall–Kier alpha value is -2.69. The Balaban J connectivity index is 1.86. The predicted molar refractivity (Wildman–Crippen MR) is 105 cm³/mol. The molecule has 2 aromatic carbocycles. The van der Waals surface area contributed by atoms with Crippen molar-refractivity contribution in [3.05, 3.63) is 53.1 Å². The number of methoxy groups -OCH3 is 1. The SMILES string of the molecule is CCOc1ccc(C(=O)N[C@@H]2CC(C)(C)Oc3ccc(OC)cc32)cc1C. The molecule has 0 spiro atoms. The summed E-state index contributed by atoms with van der Waals surface area (Å²) >= 11 is 0. The third-order valence-corrected chi connectivity index (χ3v) is 4.72. The van der Waals surface area contributed by atoms with Crippen molar-refractivity contribution in [2.75, 3.05) is 13.7 Å². The van der Waals surface area contributed by atoms with Crippen LogP contribution in [-0.2, 0) is 0 Å². The smallest absolute Gasteiger partial charge is 0.251 e. The molecule has 1 atom stereocenters. The summed E-state index contributed by atoms with van der Waals surface area (Å²) in [6, 6.07) is 11.0. The average Bonchev–Trinajstić information content (AvgIpc) is 2.62. The number of benzene rings is 2. The van der Waals surface area contributed by atoms with Crippen LogP contribution in [0.4, 0.5) is 0 Å². The Morgan fingerprint density at radius 1 is 1.26 bits per heavy atom. The molecule has 0 aromatic heterocycles. The number of carbonyl (C=O) groups excluding carboxylic acids is 1. The van der Waals surface area contributed by atoms with E-state index >= 15 is 0 Å². The van der Waals surface area contributed by atoms with Gasteiger partial charge in [-0.15, -0.1) is 0 Å². The molecule has 0 unspecified atom stereocenters. The standard InChI is InChI=1S/C22H27NO4/c1-6-26-19-9-7-15(11-14(19)2)21(24)23-18-13-22(3,4)27-20-10-8-16(25-5)12-17(18)20/h7-12,18H,6,13H2,1-5H3,(H,23,24)/t18-/m1/s1. The van der Waals surface area contributed by atoms with Gasteiger partial charge in [0.15, 0.2) is 0 Å². The zero-order valence-electron chi connectivity index (χ0n) is 16.6. The fraction of sp³-hybridized carbons (Fsp3) is 0.409. The zero-order valence-corrected chi connectivity index (χ0v) is 16.6. The molecule has 1 heterocycles. The molecule has 5 nitrogen and oxygen atoms in total. The van der Waals surface area contributed by atoms with Crippen LogP contribution in [0.3, 0.4) is 0 Å². The Morgan fingerprint density at radius 3 is 2.70 bits per heavy atom. The van der Waals surface area contributed by atoms with Gasteiger partial charge in [0.1, 0.15) is 22.8 Å².